The number of aromatic amines is 1. The van der Waals surface area contributed by atoms with Gasteiger partial charge >= 0.3 is 41.6 Å². The normalized spacial score (nSPS) is 21.1. The van der Waals surface area contributed by atoms with Crippen molar-refractivity contribution in [3.63, 3.8) is 0 Å². The van der Waals surface area contributed by atoms with Gasteiger partial charge in [-0.1, -0.05) is 11.6 Å². The maximum Gasteiger partial charge on any atom is 1.00 e. The Balaban J connectivity index is 0.00000256. The molecule has 0 bridgehead atoms. The quantitative estimate of drug-likeness (QED) is 0.504. The molecule has 1 aliphatic rings. The first kappa shape index (κ1) is 25.5. The second kappa shape index (κ2) is 10.3. The Kier molecular flexibility index (Phi) is 8.44. The second-order valence-corrected chi connectivity index (χ2v) is 9.03. The van der Waals surface area contributed by atoms with Gasteiger partial charge in [-0.2, -0.15) is 0 Å². The number of carboxylic acids is 1. The van der Waals surface area contributed by atoms with Crippen molar-refractivity contribution in [3.8, 4) is 0 Å². The molecule has 2 amide bonds. The zero-order valence-electron chi connectivity index (χ0n) is 19.1. The number of ether oxygens (including phenoxy) is 1. The Morgan fingerprint density at radius 3 is 2.52 bits per heavy atom. The van der Waals surface area contributed by atoms with Crippen LogP contribution in [0.15, 0.2) is 24.3 Å². The molecule has 1 aromatic heterocycles. The van der Waals surface area contributed by atoms with Gasteiger partial charge < -0.3 is 26.9 Å². The van der Waals surface area contributed by atoms with E-state index in [1.807, 2.05) is 0 Å². The van der Waals surface area contributed by atoms with Gasteiger partial charge in [-0.3, -0.25) is 9.59 Å². The van der Waals surface area contributed by atoms with Crippen LogP contribution >= 0.6 is 11.6 Å². The molecule has 10 heteroatoms. The Morgan fingerprint density at radius 1 is 1.16 bits per heavy atom. The molecule has 31 heavy (non-hydrogen) atoms. The summed E-state index contributed by atoms with van der Waals surface area (Å²) in [6, 6.07) is 6.01. The minimum absolute atomic E-state index is 0. The van der Waals surface area contributed by atoms with E-state index >= 15 is 0 Å². The molecule has 2 aromatic rings. The number of carbonyl (C=O) groups is 3. The molecule has 164 valence electrons. The molecule has 1 aliphatic carbocycles. The number of benzene rings is 1. The van der Waals surface area contributed by atoms with E-state index in [2.05, 4.69) is 15.6 Å². The van der Waals surface area contributed by atoms with E-state index in [9.17, 15) is 19.5 Å². The summed E-state index contributed by atoms with van der Waals surface area (Å²) in [5, 5.41) is 16.4. The number of aromatic nitrogens is 1. The zero-order chi connectivity index (χ0) is 22.1. The van der Waals surface area contributed by atoms with Crippen molar-refractivity contribution in [2.75, 3.05) is 0 Å². The maximum absolute atomic E-state index is 12.8. The first-order chi connectivity index (χ1) is 14.0. The van der Waals surface area contributed by atoms with Crippen molar-refractivity contribution in [1.82, 2.24) is 15.6 Å². The number of rotatable bonds is 4. The smallest absolute Gasteiger partial charge is 1.00 e. The fraction of sp³-hybridized carbons (Fsp3) is 0.476. The summed E-state index contributed by atoms with van der Waals surface area (Å²) in [4.78, 5) is 39.5. The van der Waals surface area contributed by atoms with E-state index < -0.39 is 35.7 Å². The summed E-state index contributed by atoms with van der Waals surface area (Å²) in [5.74, 6) is -1.84. The number of aliphatic carboxylic acids is 1. The second-order valence-electron chi connectivity index (χ2n) is 8.60. The Bertz CT molecular complexity index is 978. The van der Waals surface area contributed by atoms with Crippen LogP contribution in [0.2, 0.25) is 5.02 Å². The van der Waals surface area contributed by atoms with Gasteiger partial charge in [0.1, 0.15) is 11.3 Å². The van der Waals surface area contributed by atoms with Crippen molar-refractivity contribution in [2.24, 2.45) is 5.92 Å². The summed E-state index contributed by atoms with van der Waals surface area (Å²) in [6.07, 6.45) is 0.407. The van der Waals surface area contributed by atoms with Gasteiger partial charge in [0.15, 0.2) is 0 Å². The van der Waals surface area contributed by atoms with Crippen molar-refractivity contribution in [2.45, 2.75) is 57.7 Å². The maximum atomic E-state index is 12.8. The number of alkyl carbamates (subject to hydrolysis) is 1. The molecule has 0 saturated heterocycles. The van der Waals surface area contributed by atoms with Crippen molar-refractivity contribution >= 4 is 40.5 Å². The molecular weight excluding hydrogens is 433 g/mol. The molecule has 3 unspecified atom stereocenters. The average molecular weight is 460 g/mol. The van der Waals surface area contributed by atoms with E-state index in [-0.39, 0.29) is 43.3 Å². The van der Waals surface area contributed by atoms with Crippen LogP contribution < -0.4 is 40.2 Å². The summed E-state index contributed by atoms with van der Waals surface area (Å²) in [7, 11) is 0. The van der Waals surface area contributed by atoms with Gasteiger partial charge in [-0.05, 0) is 64.3 Å². The first-order valence-corrected chi connectivity index (χ1v) is 10.2. The molecule has 8 nitrogen and oxygen atoms in total. The third-order valence-electron chi connectivity index (χ3n) is 5.05. The van der Waals surface area contributed by atoms with Crippen LogP contribution in [-0.2, 0) is 9.53 Å². The van der Waals surface area contributed by atoms with Crippen molar-refractivity contribution < 1.29 is 55.2 Å². The number of carbonyl (C=O) groups excluding carboxylic acids is 2. The Morgan fingerprint density at radius 2 is 1.87 bits per heavy atom. The van der Waals surface area contributed by atoms with Gasteiger partial charge in [0, 0.05) is 22.0 Å². The number of carboxylic acid groups (broad SMARTS) is 1. The number of amides is 2. The van der Waals surface area contributed by atoms with Crippen LogP contribution in [-0.4, -0.2) is 45.7 Å². The van der Waals surface area contributed by atoms with Crippen molar-refractivity contribution in [1.29, 1.82) is 0 Å². The summed E-state index contributed by atoms with van der Waals surface area (Å²) < 4.78 is 5.30. The van der Waals surface area contributed by atoms with E-state index in [1.165, 1.54) is 0 Å². The molecule has 3 rings (SSSR count). The van der Waals surface area contributed by atoms with Crippen LogP contribution in [0.5, 0.6) is 0 Å². The molecule has 0 spiro atoms. The monoisotopic (exact) mass is 459 g/mol. The number of H-pyrrole nitrogens is 1. The predicted octanol–water partition coefficient (Wildman–Crippen LogP) is 0.814. The summed E-state index contributed by atoms with van der Waals surface area (Å²) in [5.41, 5.74) is 0.459. The minimum Gasteiger partial charge on any atom is -1.00 e. The number of hydrogen-bond acceptors (Lipinski definition) is 4. The molecule has 1 saturated carbocycles. The molecule has 4 N–H and O–H groups in total. The third kappa shape index (κ3) is 6.87. The molecular formula is C21H27ClN3NaO5. The van der Waals surface area contributed by atoms with Crippen LogP contribution in [0.1, 0.15) is 51.9 Å². The molecule has 1 fully saturated rings. The number of fused-ring (bicyclic) bond motifs is 1. The van der Waals surface area contributed by atoms with E-state index in [0.717, 1.165) is 10.9 Å². The average Bonchev–Trinajstić information content (AvgIpc) is 3.04. The number of hydrogen-bond donors (Lipinski definition) is 4. The molecule has 3 atom stereocenters. The van der Waals surface area contributed by atoms with Crippen molar-refractivity contribution in [3.05, 3.63) is 35.0 Å². The Hall–Kier alpha value is -1.74. The van der Waals surface area contributed by atoms with Gasteiger partial charge in [0.25, 0.3) is 5.91 Å². The molecule has 0 aliphatic heterocycles. The SMILES string of the molecule is CC(C)(C)OC(=O)NC1CC(C(=O)O)CCC1NC(=O)c1cc2cc(Cl)ccc2[nH]1.[H-].[Na+]. The first-order valence-electron chi connectivity index (χ1n) is 9.83. The van der Waals surface area contributed by atoms with Crippen LogP contribution in [0.3, 0.4) is 0 Å². The van der Waals surface area contributed by atoms with Gasteiger partial charge in [0.05, 0.1) is 12.0 Å². The van der Waals surface area contributed by atoms with Gasteiger partial charge in [-0.25, -0.2) is 4.79 Å². The Labute approximate surface area is 209 Å². The van der Waals surface area contributed by atoms with Gasteiger partial charge in [0.2, 0.25) is 0 Å². The largest absolute Gasteiger partial charge is 1.00 e. The molecule has 1 heterocycles. The number of nitrogens with one attached hydrogen (secondary N) is 3. The topological polar surface area (TPSA) is 121 Å². The van der Waals surface area contributed by atoms with E-state index in [4.69, 9.17) is 16.3 Å². The summed E-state index contributed by atoms with van der Waals surface area (Å²) >= 11 is 6.00. The van der Waals surface area contributed by atoms with Gasteiger partial charge in [-0.15, -0.1) is 0 Å². The summed E-state index contributed by atoms with van der Waals surface area (Å²) in [6.45, 7) is 5.23. The van der Waals surface area contributed by atoms with Crippen LogP contribution in [0.4, 0.5) is 4.79 Å². The standard InChI is InChI=1S/C21H26ClN3O5.Na.H/c1-21(2,3)30-20(29)25-16-9-11(19(27)28)4-6-15(16)24-18(26)17-10-12-8-13(22)5-7-14(12)23-17;;/h5,7-8,10-11,15-16,23H,4,6,9H2,1-3H3,(H,24,26)(H,25,29)(H,27,28);;/q;+1;-1. The number of halogens is 1. The predicted molar refractivity (Wildman–Crippen MR) is 114 cm³/mol. The fourth-order valence-corrected chi connectivity index (χ4v) is 3.84. The molecule has 1 aromatic carbocycles. The third-order valence-corrected chi connectivity index (χ3v) is 5.28. The minimum atomic E-state index is -0.914. The molecule has 0 radical (unpaired) electrons. The van der Waals surface area contributed by atoms with E-state index in [0.29, 0.717) is 23.6 Å². The van der Waals surface area contributed by atoms with E-state index in [1.54, 1.807) is 45.0 Å². The van der Waals surface area contributed by atoms with Crippen LogP contribution in [0, 0.1) is 5.92 Å². The van der Waals surface area contributed by atoms with Crippen LogP contribution in [0.25, 0.3) is 10.9 Å². The zero-order valence-corrected chi connectivity index (χ0v) is 20.9. The fourth-order valence-electron chi connectivity index (χ4n) is 3.66.